The molecule has 17 heavy (non-hydrogen) atoms. The van der Waals surface area contributed by atoms with E-state index in [2.05, 4.69) is 20.8 Å². The first-order valence-electron chi connectivity index (χ1n) is 6.82. The first-order valence-corrected chi connectivity index (χ1v) is 8.53. The van der Waals surface area contributed by atoms with Gasteiger partial charge < -0.3 is 4.52 Å². The molecule has 1 rings (SSSR count). The van der Waals surface area contributed by atoms with Crippen molar-refractivity contribution in [1.82, 2.24) is 0 Å². The standard InChI is InChI=1S/C13H26FO2P/c1-5-8-17(14,15)16-13-9-11(4)6-7-12(13)10(2)3/h10-13H,5-9H2,1-4H3. The molecule has 4 unspecified atom stereocenters. The lowest BCUT2D eigenvalue weighted by Crippen LogP contribution is -2.33. The lowest BCUT2D eigenvalue weighted by molar-refractivity contribution is 0.0425. The third-order valence-corrected chi connectivity index (χ3v) is 5.31. The van der Waals surface area contributed by atoms with Crippen molar-refractivity contribution in [3.63, 3.8) is 0 Å². The van der Waals surface area contributed by atoms with E-state index in [1.54, 1.807) is 0 Å². The van der Waals surface area contributed by atoms with E-state index in [1.807, 2.05) is 6.92 Å². The molecule has 0 N–H and O–H groups in total. The molecule has 0 spiro atoms. The SMILES string of the molecule is CCCP(=O)(F)OC1CC(C)CCC1C(C)C. The molecule has 2 nitrogen and oxygen atoms in total. The van der Waals surface area contributed by atoms with Crippen LogP contribution in [0.3, 0.4) is 0 Å². The van der Waals surface area contributed by atoms with E-state index < -0.39 is 7.68 Å². The minimum absolute atomic E-state index is 0.0582. The number of halogens is 1. The van der Waals surface area contributed by atoms with Crippen LogP contribution in [0, 0.1) is 17.8 Å². The number of hydrogen-bond acceptors (Lipinski definition) is 2. The highest BCUT2D eigenvalue weighted by Gasteiger charge is 2.36. The Labute approximate surface area is 105 Å². The molecule has 0 aliphatic heterocycles. The fourth-order valence-corrected chi connectivity index (χ4v) is 4.04. The Balaban J connectivity index is 2.66. The van der Waals surface area contributed by atoms with Gasteiger partial charge in [-0.15, -0.1) is 0 Å². The van der Waals surface area contributed by atoms with Gasteiger partial charge in [0.05, 0.1) is 12.3 Å². The molecule has 0 heterocycles. The maximum absolute atomic E-state index is 13.8. The zero-order valence-corrected chi connectivity index (χ0v) is 12.4. The van der Waals surface area contributed by atoms with Gasteiger partial charge >= 0.3 is 7.68 Å². The highest BCUT2D eigenvalue weighted by Crippen LogP contribution is 2.53. The molecule has 1 saturated carbocycles. The highest BCUT2D eigenvalue weighted by molar-refractivity contribution is 7.53. The van der Waals surface area contributed by atoms with Gasteiger partial charge in [0, 0.05) is 0 Å². The van der Waals surface area contributed by atoms with Gasteiger partial charge in [-0.25, -0.2) is 0 Å². The van der Waals surface area contributed by atoms with Crippen molar-refractivity contribution in [2.75, 3.05) is 6.16 Å². The molecular weight excluding hydrogens is 238 g/mol. The summed E-state index contributed by atoms with van der Waals surface area (Å²) in [7, 11) is -3.86. The van der Waals surface area contributed by atoms with Crippen molar-refractivity contribution in [2.45, 2.75) is 59.5 Å². The van der Waals surface area contributed by atoms with Gasteiger partial charge in [0.25, 0.3) is 0 Å². The molecule has 0 amide bonds. The lowest BCUT2D eigenvalue weighted by Gasteiger charge is -2.37. The summed E-state index contributed by atoms with van der Waals surface area (Å²) in [5.74, 6) is 1.37. The van der Waals surface area contributed by atoms with Crippen LogP contribution >= 0.6 is 7.68 Å². The van der Waals surface area contributed by atoms with Crippen LogP contribution in [0.25, 0.3) is 0 Å². The molecule has 0 aromatic rings. The van der Waals surface area contributed by atoms with Crippen molar-refractivity contribution in [3.05, 3.63) is 0 Å². The molecular formula is C13H26FO2P. The molecule has 102 valence electrons. The van der Waals surface area contributed by atoms with Gasteiger partial charge in [-0.2, -0.15) is 4.20 Å². The Kier molecular flexibility index (Phi) is 5.66. The van der Waals surface area contributed by atoms with E-state index in [4.69, 9.17) is 4.52 Å². The molecule has 0 saturated heterocycles. The molecule has 4 atom stereocenters. The number of hydrogen-bond donors (Lipinski definition) is 0. The van der Waals surface area contributed by atoms with E-state index in [9.17, 15) is 8.76 Å². The summed E-state index contributed by atoms with van der Waals surface area (Å²) in [5.41, 5.74) is 0. The van der Waals surface area contributed by atoms with Crippen LogP contribution in [0.5, 0.6) is 0 Å². The van der Waals surface area contributed by atoms with Gasteiger partial charge in [-0.3, -0.25) is 4.57 Å². The fraction of sp³-hybridized carbons (Fsp3) is 1.00. The van der Waals surface area contributed by atoms with Gasteiger partial charge in [0.1, 0.15) is 0 Å². The molecule has 1 aliphatic carbocycles. The molecule has 0 aromatic heterocycles. The minimum atomic E-state index is -3.86. The smallest absolute Gasteiger partial charge is 0.302 e. The van der Waals surface area contributed by atoms with Crippen LogP contribution in [-0.4, -0.2) is 12.3 Å². The molecule has 0 aromatic carbocycles. The van der Waals surface area contributed by atoms with Gasteiger partial charge in [-0.05, 0) is 37.0 Å². The Morgan fingerprint density at radius 3 is 2.59 bits per heavy atom. The second kappa shape index (κ2) is 6.33. The average Bonchev–Trinajstić information content (AvgIpc) is 2.15. The van der Waals surface area contributed by atoms with Crippen molar-refractivity contribution in [1.29, 1.82) is 0 Å². The highest BCUT2D eigenvalue weighted by atomic mass is 31.2. The monoisotopic (exact) mass is 264 g/mol. The molecule has 1 aliphatic rings. The summed E-state index contributed by atoms with van der Waals surface area (Å²) in [4.78, 5) is 0. The van der Waals surface area contributed by atoms with Gasteiger partial charge in [0.2, 0.25) is 0 Å². The maximum atomic E-state index is 13.8. The van der Waals surface area contributed by atoms with E-state index in [0.29, 0.717) is 24.2 Å². The molecule has 4 heteroatoms. The minimum Gasteiger partial charge on any atom is -0.302 e. The quantitative estimate of drug-likeness (QED) is 0.650. The van der Waals surface area contributed by atoms with Gasteiger partial charge in [-0.1, -0.05) is 34.1 Å². The fourth-order valence-electron chi connectivity index (χ4n) is 2.76. The Hall–Kier alpha value is 0.120. The Bertz CT molecular complexity index is 281. The predicted octanol–water partition coefficient (Wildman–Crippen LogP) is 5.04. The summed E-state index contributed by atoms with van der Waals surface area (Å²) in [6.07, 6.45) is 3.56. The largest absolute Gasteiger partial charge is 0.367 e. The third kappa shape index (κ3) is 4.71. The van der Waals surface area contributed by atoms with Crippen molar-refractivity contribution in [2.24, 2.45) is 17.8 Å². The Morgan fingerprint density at radius 1 is 1.41 bits per heavy atom. The van der Waals surface area contributed by atoms with Crippen LogP contribution < -0.4 is 0 Å². The zero-order chi connectivity index (χ0) is 13.1. The summed E-state index contributed by atoms with van der Waals surface area (Å²) in [6.45, 7) is 8.27. The topological polar surface area (TPSA) is 26.3 Å². The van der Waals surface area contributed by atoms with E-state index in [1.165, 1.54) is 6.42 Å². The zero-order valence-electron chi connectivity index (χ0n) is 11.5. The van der Waals surface area contributed by atoms with Crippen molar-refractivity contribution in [3.8, 4) is 0 Å². The normalized spacial score (nSPS) is 33.6. The number of rotatable bonds is 5. The molecule has 0 bridgehead atoms. The molecule has 1 fully saturated rings. The third-order valence-electron chi connectivity index (χ3n) is 3.74. The van der Waals surface area contributed by atoms with Gasteiger partial charge in [0.15, 0.2) is 0 Å². The van der Waals surface area contributed by atoms with Crippen LogP contribution in [-0.2, 0) is 9.09 Å². The summed E-state index contributed by atoms with van der Waals surface area (Å²) < 4.78 is 30.8. The van der Waals surface area contributed by atoms with E-state index >= 15 is 0 Å². The first-order chi connectivity index (χ1) is 7.85. The van der Waals surface area contributed by atoms with E-state index in [0.717, 1.165) is 12.8 Å². The van der Waals surface area contributed by atoms with Crippen LogP contribution in [0.4, 0.5) is 4.20 Å². The van der Waals surface area contributed by atoms with Crippen LogP contribution in [0.1, 0.15) is 53.4 Å². The maximum Gasteiger partial charge on any atom is 0.367 e. The lowest BCUT2D eigenvalue weighted by atomic mass is 9.75. The van der Waals surface area contributed by atoms with Crippen molar-refractivity contribution < 1.29 is 13.3 Å². The second-order valence-corrected chi connectivity index (χ2v) is 7.62. The average molecular weight is 264 g/mol. The second-order valence-electron chi connectivity index (χ2n) is 5.78. The summed E-state index contributed by atoms with van der Waals surface area (Å²) in [6, 6.07) is 0. The predicted molar refractivity (Wildman–Crippen MR) is 70.1 cm³/mol. The summed E-state index contributed by atoms with van der Waals surface area (Å²) >= 11 is 0. The van der Waals surface area contributed by atoms with E-state index in [-0.39, 0.29) is 12.3 Å². The first kappa shape index (κ1) is 15.2. The van der Waals surface area contributed by atoms with Crippen LogP contribution in [0.2, 0.25) is 0 Å². The summed E-state index contributed by atoms with van der Waals surface area (Å²) in [5, 5.41) is 0. The Morgan fingerprint density at radius 2 is 2.06 bits per heavy atom. The van der Waals surface area contributed by atoms with Crippen molar-refractivity contribution >= 4 is 7.68 Å². The van der Waals surface area contributed by atoms with Crippen LogP contribution in [0.15, 0.2) is 0 Å². The molecule has 0 radical (unpaired) electrons.